The van der Waals surface area contributed by atoms with Gasteiger partial charge in [0, 0.05) is 0 Å². The second-order valence-electron chi connectivity index (χ2n) is 4.18. The molecular formula is C11H15BrN2O3S. The molecule has 1 unspecified atom stereocenters. The summed E-state index contributed by atoms with van der Waals surface area (Å²) in [5.41, 5.74) is 0.190. The number of benzene rings is 1. The van der Waals surface area contributed by atoms with Gasteiger partial charge in [-0.05, 0) is 18.1 Å². The monoisotopic (exact) mass is 334 g/mol. The first kappa shape index (κ1) is 15.1. The molecule has 100 valence electrons. The van der Waals surface area contributed by atoms with E-state index in [9.17, 15) is 13.2 Å². The predicted octanol–water partition coefficient (Wildman–Crippen LogP) is 1.69. The Kier molecular flexibility index (Phi) is 4.89. The zero-order chi connectivity index (χ0) is 13.9. The molecule has 1 rings (SSSR count). The van der Waals surface area contributed by atoms with Crippen molar-refractivity contribution in [3.63, 3.8) is 0 Å². The van der Waals surface area contributed by atoms with Crippen LogP contribution in [-0.2, 0) is 14.8 Å². The predicted molar refractivity (Wildman–Crippen MR) is 74.0 cm³/mol. The maximum absolute atomic E-state index is 11.8. The summed E-state index contributed by atoms with van der Waals surface area (Å²) in [6.45, 7) is 3.76. The number of para-hydroxylation sites is 1. The third-order valence-electron chi connectivity index (χ3n) is 2.29. The maximum Gasteiger partial charge on any atom is 0.240 e. The van der Waals surface area contributed by atoms with Gasteiger partial charge in [-0.3, -0.25) is 4.79 Å². The van der Waals surface area contributed by atoms with Gasteiger partial charge in [0.1, 0.15) is 4.90 Å². The lowest BCUT2D eigenvalue weighted by Crippen LogP contribution is -2.28. The number of nitrogens with one attached hydrogen (secondary N) is 1. The Morgan fingerprint density at radius 1 is 1.33 bits per heavy atom. The van der Waals surface area contributed by atoms with Gasteiger partial charge in [-0.15, -0.1) is 0 Å². The van der Waals surface area contributed by atoms with Gasteiger partial charge in [-0.2, -0.15) is 0 Å². The molecular weight excluding hydrogens is 320 g/mol. The topological polar surface area (TPSA) is 89.3 Å². The van der Waals surface area contributed by atoms with Gasteiger partial charge >= 0.3 is 0 Å². The van der Waals surface area contributed by atoms with Gasteiger partial charge in [0.2, 0.25) is 15.9 Å². The molecule has 1 aromatic rings. The van der Waals surface area contributed by atoms with Crippen LogP contribution in [0.1, 0.15) is 13.8 Å². The highest BCUT2D eigenvalue weighted by molar-refractivity contribution is 9.10. The first-order chi connectivity index (χ1) is 8.23. The van der Waals surface area contributed by atoms with E-state index in [0.717, 1.165) is 0 Å². The van der Waals surface area contributed by atoms with Gasteiger partial charge in [-0.1, -0.05) is 41.9 Å². The molecule has 7 heteroatoms. The van der Waals surface area contributed by atoms with E-state index < -0.39 is 14.9 Å². The fourth-order valence-corrected chi connectivity index (χ4v) is 2.13. The Morgan fingerprint density at radius 3 is 2.39 bits per heavy atom. The van der Waals surface area contributed by atoms with Gasteiger partial charge in [-0.25, -0.2) is 13.6 Å². The molecule has 0 bridgehead atoms. The quantitative estimate of drug-likeness (QED) is 0.821. The number of hydrogen-bond acceptors (Lipinski definition) is 3. The van der Waals surface area contributed by atoms with Gasteiger partial charge in [0.15, 0.2) is 0 Å². The Balaban J connectivity index is 3.03. The van der Waals surface area contributed by atoms with Gasteiger partial charge < -0.3 is 5.32 Å². The maximum atomic E-state index is 11.8. The summed E-state index contributed by atoms with van der Waals surface area (Å²) in [6.07, 6.45) is 0. The average Bonchev–Trinajstić information content (AvgIpc) is 2.27. The average molecular weight is 335 g/mol. The first-order valence-electron chi connectivity index (χ1n) is 5.30. The first-order valence-corrected chi connectivity index (χ1v) is 7.76. The molecule has 0 aromatic heterocycles. The molecule has 18 heavy (non-hydrogen) atoms. The minimum absolute atomic E-state index is 0.0895. The summed E-state index contributed by atoms with van der Waals surface area (Å²) in [7, 11) is -3.86. The van der Waals surface area contributed by atoms with E-state index in [1.165, 1.54) is 12.1 Å². The summed E-state index contributed by atoms with van der Waals surface area (Å²) < 4.78 is 22.7. The molecule has 0 radical (unpaired) electrons. The van der Waals surface area contributed by atoms with Crippen LogP contribution in [0.4, 0.5) is 5.69 Å². The van der Waals surface area contributed by atoms with Crippen molar-refractivity contribution in [3.8, 4) is 0 Å². The molecule has 0 fully saturated rings. The van der Waals surface area contributed by atoms with Crippen molar-refractivity contribution in [3.05, 3.63) is 24.3 Å². The number of carbonyl (C=O) groups is 1. The van der Waals surface area contributed by atoms with Crippen LogP contribution in [0.2, 0.25) is 0 Å². The highest BCUT2D eigenvalue weighted by atomic mass is 79.9. The van der Waals surface area contributed by atoms with Crippen molar-refractivity contribution in [2.45, 2.75) is 23.6 Å². The number of primary sulfonamides is 1. The van der Waals surface area contributed by atoms with E-state index in [2.05, 4.69) is 21.2 Å². The molecule has 1 atom stereocenters. The number of hydrogen-bond donors (Lipinski definition) is 2. The van der Waals surface area contributed by atoms with E-state index >= 15 is 0 Å². The Hall–Kier alpha value is -0.920. The van der Waals surface area contributed by atoms with Gasteiger partial charge in [0.25, 0.3) is 0 Å². The number of anilines is 1. The third kappa shape index (κ3) is 3.79. The molecule has 1 aromatic carbocycles. The van der Waals surface area contributed by atoms with E-state index in [0.29, 0.717) is 0 Å². The van der Waals surface area contributed by atoms with Crippen LogP contribution in [0, 0.1) is 5.92 Å². The molecule has 1 amide bonds. The number of nitrogens with two attached hydrogens (primary N) is 1. The number of alkyl halides is 1. The summed E-state index contributed by atoms with van der Waals surface area (Å²) in [5, 5.41) is 7.63. The van der Waals surface area contributed by atoms with E-state index in [1.54, 1.807) is 12.1 Å². The molecule has 0 aliphatic carbocycles. The summed E-state index contributed by atoms with van der Waals surface area (Å²) in [6, 6.07) is 6.02. The van der Waals surface area contributed by atoms with Crippen molar-refractivity contribution in [1.82, 2.24) is 0 Å². The summed E-state index contributed by atoms with van der Waals surface area (Å²) in [4.78, 5) is 11.3. The number of sulfonamides is 1. The molecule has 0 saturated carbocycles. The summed E-state index contributed by atoms with van der Waals surface area (Å²) >= 11 is 3.25. The fraction of sp³-hybridized carbons (Fsp3) is 0.364. The molecule has 0 heterocycles. The second kappa shape index (κ2) is 5.81. The fourth-order valence-electron chi connectivity index (χ4n) is 1.32. The number of rotatable bonds is 4. The van der Waals surface area contributed by atoms with Crippen LogP contribution >= 0.6 is 15.9 Å². The molecule has 5 nitrogen and oxygen atoms in total. The Labute approximate surface area is 115 Å². The van der Waals surface area contributed by atoms with E-state index in [4.69, 9.17) is 5.14 Å². The lowest BCUT2D eigenvalue weighted by molar-refractivity contribution is -0.116. The standard InChI is InChI=1S/C11H15BrN2O3S/c1-7(2)10(12)11(15)14-8-5-3-4-6-9(8)18(13,16)17/h3-7,10H,1-2H3,(H,14,15)(H2,13,16,17). The smallest absolute Gasteiger partial charge is 0.240 e. The van der Waals surface area contributed by atoms with Crippen molar-refractivity contribution < 1.29 is 13.2 Å². The molecule has 0 aliphatic rings. The minimum atomic E-state index is -3.86. The van der Waals surface area contributed by atoms with Crippen LogP contribution in [-0.4, -0.2) is 19.2 Å². The number of halogens is 1. The number of carbonyl (C=O) groups excluding carboxylic acids is 1. The molecule has 0 spiro atoms. The molecule has 0 saturated heterocycles. The van der Waals surface area contributed by atoms with Crippen molar-refractivity contribution >= 4 is 37.5 Å². The van der Waals surface area contributed by atoms with Crippen LogP contribution < -0.4 is 10.5 Å². The Bertz CT molecular complexity index is 543. The van der Waals surface area contributed by atoms with E-state index in [-0.39, 0.29) is 22.4 Å². The zero-order valence-electron chi connectivity index (χ0n) is 10.1. The Morgan fingerprint density at radius 2 is 1.89 bits per heavy atom. The third-order valence-corrected chi connectivity index (χ3v) is 4.73. The molecule has 0 aliphatic heterocycles. The van der Waals surface area contributed by atoms with Crippen LogP contribution in [0.25, 0.3) is 0 Å². The lowest BCUT2D eigenvalue weighted by Gasteiger charge is -2.15. The largest absolute Gasteiger partial charge is 0.324 e. The number of amides is 1. The molecule has 3 N–H and O–H groups in total. The minimum Gasteiger partial charge on any atom is -0.324 e. The van der Waals surface area contributed by atoms with Crippen molar-refractivity contribution in [2.75, 3.05) is 5.32 Å². The lowest BCUT2D eigenvalue weighted by atomic mass is 10.1. The highest BCUT2D eigenvalue weighted by Crippen LogP contribution is 2.21. The van der Waals surface area contributed by atoms with Crippen LogP contribution in [0.3, 0.4) is 0 Å². The van der Waals surface area contributed by atoms with Crippen molar-refractivity contribution in [2.24, 2.45) is 11.1 Å². The van der Waals surface area contributed by atoms with Crippen LogP contribution in [0.5, 0.6) is 0 Å². The SMILES string of the molecule is CC(C)C(Br)C(=O)Nc1ccccc1S(N)(=O)=O. The zero-order valence-corrected chi connectivity index (χ0v) is 12.5. The highest BCUT2D eigenvalue weighted by Gasteiger charge is 2.21. The normalized spacial score (nSPS) is 13.4. The van der Waals surface area contributed by atoms with Gasteiger partial charge in [0.05, 0.1) is 10.5 Å². The van der Waals surface area contributed by atoms with Crippen LogP contribution in [0.15, 0.2) is 29.2 Å². The van der Waals surface area contributed by atoms with E-state index in [1.807, 2.05) is 13.8 Å². The summed E-state index contributed by atoms with van der Waals surface area (Å²) in [5.74, 6) is -0.215. The second-order valence-corrected chi connectivity index (χ2v) is 6.69. The van der Waals surface area contributed by atoms with Crippen molar-refractivity contribution in [1.29, 1.82) is 0 Å².